The molecule has 0 aliphatic carbocycles. The molecule has 0 amide bonds. The van der Waals surface area contributed by atoms with Gasteiger partial charge in [0.25, 0.3) is 0 Å². The molecule has 0 saturated heterocycles. The van der Waals surface area contributed by atoms with E-state index in [1.165, 1.54) is 6.07 Å². The number of ether oxygens (including phenoxy) is 1. The maximum atomic E-state index is 12.9. The monoisotopic (exact) mass is 304 g/mol. The van der Waals surface area contributed by atoms with Gasteiger partial charge in [0.15, 0.2) is 5.84 Å². The summed E-state index contributed by atoms with van der Waals surface area (Å²) in [5.41, 5.74) is 3.95. The first-order valence-electron chi connectivity index (χ1n) is 6.61. The summed E-state index contributed by atoms with van der Waals surface area (Å²) < 4.78 is 44.0. The van der Waals surface area contributed by atoms with Crippen LogP contribution in [0.1, 0.15) is 37.8 Å². The number of nitrogens with zero attached hydrogens (tertiary/aromatic N) is 1. The number of amidine groups is 1. The van der Waals surface area contributed by atoms with Crippen LogP contribution in [0.25, 0.3) is 0 Å². The van der Waals surface area contributed by atoms with Gasteiger partial charge < -0.3 is 15.7 Å². The molecule has 1 aromatic carbocycles. The highest BCUT2D eigenvalue weighted by Crippen LogP contribution is 2.33. The Morgan fingerprint density at radius 2 is 2.10 bits per heavy atom. The lowest BCUT2D eigenvalue weighted by molar-refractivity contribution is -0.137. The Bertz CT molecular complexity index is 501. The molecule has 118 valence electrons. The molecule has 0 heterocycles. The van der Waals surface area contributed by atoms with Gasteiger partial charge in [-0.3, -0.25) is 0 Å². The van der Waals surface area contributed by atoms with E-state index in [9.17, 15) is 13.2 Å². The predicted molar refractivity (Wildman–Crippen MR) is 73.5 cm³/mol. The van der Waals surface area contributed by atoms with Gasteiger partial charge in [-0.1, -0.05) is 25.4 Å². The van der Waals surface area contributed by atoms with Crippen LogP contribution in [-0.2, 0) is 6.18 Å². The molecule has 4 nitrogen and oxygen atoms in total. The van der Waals surface area contributed by atoms with Crippen molar-refractivity contribution in [2.45, 2.75) is 32.9 Å². The van der Waals surface area contributed by atoms with Crippen molar-refractivity contribution < 1.29 is 23.1 Å². The lowest BCUT2D eigenvalue weighted by atomic mass is 10.1. The van der Waals surface area contributed by atoms with Crippen LogP contribution in [0.2, 0.25) is 0 Å². The summed E-state index contributed by atoms with van der Waals surface area (Å²) in [7, 11) is 0. The van der Waals surface area contributed by atoms with Crippen molar-refractivity contribution in [3.05, 3.63) is 29.3 Å². The summed E-state index contributed by atoms with van der Waals surface area (Å²) in [5, 5.41) is 11.2. The Balaban J connectivity index is 3.00. The Morgan fingerprint density at radius 3 is 2.62 bits per heavy atom. The van der Waals surface area contributed by atoms with Gasteiger partial charge in [0, 0.05) is 5.56 Å². The number of nitrogens with two attached hydrogens (primary N) is 1. The fraction of sp³-hybridized carbons (Fsp3) is 0.500. The summed E-state index contributed by atoms with van der Waals surface area (Å²) in [6.45, 7) is 4.44. The first-order chi connectivity index (χ1) is 9.79. The quantitative estimate of drug-likeness (QED) is 0.365. The molecule has 1 rings (SSSR count). The van der Waals surface area contributed by atoms with Crippen LogP contribution < -0.4 is 10.5 Å². The second kappa shape index (κ2) is 7.19. The third-order valence-corrected chi connectivity index (χ3v) is 3.00. The Labute approximate surface area is 121 Å². The van der Waals surface area contributed by atoms with E-state index >= 15 is 0 Å². The molecular formula is C14H19F3N2O2. The van der Waals surface area contributed by atoms with Gasteiger partial charge in [-0.15, -0.1) is 0 Å². The van der Waals surface area contributed by atoms with E-state index in [1.54, 1.807) is 0 Å². The molecule has 7 heteroatoms. The van der Waals surface area contributed by atoms with Crippen LogP contribution >= 0.6 is 0 Å². The average Bonchev–Trinajstić information content (AvgIpc) is 2.43. The summed E-state index contributed by atoms with van der Waals surface area (Å²) in [6.07, 6.45) is -2.61. The molecule has 1 unspecified atom stereocenters. The van der Waals surface area contributed by atoms with Crippen molar-refractivity contribution in [2.75, 3.05) is 6.61 Å². The van der Waals surface area contributed by atoms with E-state index in [2.05, 4.69) is 5.16 Å². The number of alkyl halides is 3. The molecule has 1 atom stereocenters. The van der Waals surface area contributed by atoms with Gasteiger partial charge in [0.2, 0.25) is 0 Å². The average molecular weight is 304 g/mol. The minimum absolute atomic E-state index is 0.257. The molecule has 21 heavy (non-hydrogen) atoms. The standard InChI is InChI=1S/C14H19F3N2O2/c1-3-4-9(2)8-21-10-5-6-12(14(15,16)17)11(7-10)13(18)19-20/h5-7,9,20H,3-4,8H2,1-2H3,(H2,18,19). The summed E-state index contributed by atoms with van der Waals surface area (Å²) in [6, 6.07) is 3.24. The minimum atomic E-state index is -4.58. The van der Waals surface area contributed by atoms with Crippen molar-refractivity contribution in [2.24, 2.45) is 16.8 Å². The summed E-state index contributed by atoms with van der Waals surface area (Å²) >= 11 is 0. The maximum Gasteiger partial charge on any atom is 0.417 e. The lowest BCUT2D eigenvalue weighted by Crippen LogP contribution is -2.20. The van der Waals surface area contributed by atoms with Crippen molar-refractivity contribution in [1.82, 2.24) is 0 Å². The molecule has 0 fully saturated rings. The molecule has 3 N–H and O–H groups in total. The van der Waals surface area contributed by atoms with Gasteiger partial charge in [-0.2, -0.15) is 13.2 Å². The highest BCUT2D eigenvalue weighted by atomic mass is 19.4. The van der Waals surface area contributed by atoms with Gasteiger partial charge in [0.1, 0.15) is 5.75 Å². The molecule has 0 aliphatic rings. The minimum Gasteiger partial charge on any atom is -0.493 e. The molecule has 0 aliphatic heterocycles. The number of halogens is 3. The smallest absolute Gasteiger partial charge is 0.417 e. The number of rotatable bonds is 6. The zero-order valence-electron chi connectivity index (χ0n) is 11.9. The van der Waals surface area contributed by atoms with Crippen LogP contribution in [0.3, 0.4) is 0 Å². The maximum absolute atomic E-state index is 12.9. The van der Waals surface area contributed by atoms with Crippen molar-refractivity contribution in [1.29, 1.82) is 0 Å². The van der Waals surface area contributed by atoms with E-state index in [0.29, 0.717) is 12.5 Å². The normalized spacial score (nSPS) is 14.0. The SMILES string of the molecule is CCCC(C)COc1ccc(C(F)(F)F)c(/C(N)=N/O)c1. The second-order valence-electron chi connectivity index (χ2n) is 4.90. The van der Waals surface area contributed by atoms with Gasteiger partial charge in [0.05, 0.1) is 12.2 Å². The van der Waals surface area contributed by atoms with Gasteiger partial charge in [-0.05, 0) is 30.5 Å². The van der Waals surface area contributed by atoms with Crippen molar-refractivity contribution in [3.8, 4) is 5.75 Å². The molecule has 0 saturated carbocycles. The molecule has 0 aromatic heterocycles. The molecular weight excluding hydrogens is 285 g/mol. The fourth-order valence-corrected chi connectivity index (χ4v) is 1.94. The van der Waals surface area contributed by atoms with Gasteiger partial charge >= 0.3 is 6.18 Å². The summed E-state index contributed by atoms with van der Waals surface area (Å²) in [5.74, 6) is -0.0495. The van der Waals surface area contributed by atoms with E-state index < -0.39 is 23.1 Å². The van der Waals surface area contributed by atoms with Gasteiger partial charge in [-0.25, -0.2) is 0 Å². The van der Waals surface area contributed by atoms with Crippen LogP contribution in [0.15, 0.2) is 23.4 Å². The van der Waals surface area contributed by atoms with Crippen molar-refractivity contribution in [3.63, 3.8) is 0 Å². The largest absolute Gasteiger partial charge is 0.493 e. The molecule has 0 radical (unpaired) electrons. The second-order valence-corrected chi connectivity index (χ2v) is 4.90. The Morgan fingerprint density at radius 1 is 1.43 bits per heavy atom. The van der Waals surface area contributed by atoms with Crippen LogP contribution in [0, 0.1) is 5.92 Å². The predicted octanol–water partition coefficient (Wildman–Crippen LogP) is 3.61. The third kappa shape index (κ3) is 4.84. The topological polar surface area (TPSA) is 67.8 Å². The molecule has 0 spiro atoms. The first kappa shape index (κ1) is 17.1. The van der Waals surface area contributed by atoms with Crippen LogP contribution in [-0.4, -0.2) is 17.6 Å². The number of benzene rings is 1. The van der Waals surface area contributed by atoms with Crippen LogP contribution in [0.4, 0.5) is 13.2 Å². The lowest BCUT2D eigenvalue weighted by Gasteiger charge is -2.16. The van der Waals surface area contributed by atoms with E-state index in [0.717, 1.165) is 25.0 Å². The Kier molecular flexibility index (Phi) is 5.87. The molecule has 0 bridgehead atoms. The number of hydrogen-bond donors (Lipinski definition) is 2. The fourth-order valence-electron chi connectivity index (χ4n) is 1.94. The zero-order valence-corrected chi connectivity index (χ0v) is 11.9. The van der Waals surface area contributed by atoms with Crippen molar-refractivity contribution >= 4 is 5.84 Å². The Hall–Kier alpha value is -1.92. The third-order valence-electron chi connectivity index (χ3n) is 3.00. The number of hydrogen-bond acceptors (Lipinski definition) is 3. The highest BCUT2D eigenvalue weighted by molar-refractivity contribution is 5.99. The highest BCUT2D eigenvalue weighted by Gasteiger charge is 2.34. The van der Waals surface area contributed by atoms with Crippen LogP contribution in [0.5, 0.6) is 5.75 Å². The zero-order chi connectivity index (χ0) is 16.0. The summed E-state index contributed by atoms with van der Waals surface area (Å²) in [4.78, 5) is 0. The first-order valence-corrected chi connectivity index (χ1v) is 6.61. The van der Waals surface area contributed by atoms with E-state index in [1.807, 2.05) is 13.8 Å². The van der Waals surface area contributed by atoms with E-state index in [-0.39, 0.29) is 5.75 Å². The van der Waals surface area contributed by atoms with E-state index in [4.69, 9.17) is 15.7 Å². The number of oxime groups is 1. The molecule has 1 aromatic rings.